The van der Waals surface area contributed by atoms with E-state index in [1.54, 1.807) is 22.5 Å². The first-order valence-corrected chi connectivity index (χ1v) is 10.8. The molecule has 2 aliphatic rings. The lowest BCUT2D eigenvalue weighted by Crippen LogP contribution is -2.47. The number of benzene rings is 2. The predicted octanol–water partition coefficient (Wildman–Crippen LogP) is 4.30. The second-order valence-electron chi connectivity index (χ2n) is 7.14. The van der Waals surface area contributed by atoms with Crippen molar-refractivity contribution in [1.82, 2.24) is 4.90 Å². The lowest BCUT2D eigenvalue weighted by atomic mass is 9.89. The Balaban J connectivity index is 1.91. The van der Waals surface area contributed by atoms with Gasteiger partial charge < -0.3 is 4.90 Å². The molecule has 26 heavy (non-hydrogen) atoms. The number of aryl methyl sites for hydroxylation is 1. The third-order valence-electron chi connectivity index (χ3n) is 5.34. The van der Waals surface area contributed by atoms with Gasteiger partial charge in [-0.3, -0.25) is 4.31 Å². The number of nitrogens with zero attached hydrogens (tertiary/aromatic N) is 2. The average molecular weight is 411 g/mol. The molecule has 2 atom stereocenters. The fourth-order valence-corrected chi connectivity index (χ4v) is 7.02. The first-order chi connectivity index (χ1) is 12.3. The molecule has 0 aromatic heterocycles. The van der Waals surface area contributed by atoms with Crippen molar-refractivity contribution in [3.05, 3.63) is 57.6 Å². The number of fused-ring (bicyclic) bond motifs is 3. The molecule has 0 radical (unpaired) electrons. The van der Waals surface area contributed by atoms with Gasteiger partial charge >= 0.3 is 0 Å². The summed E-state index contributed by atoms with van der Waals surface area (Å²) in [6.45, 7) is 3.73. The van der Waals surface area contributed by atoms with E-state index in [9.17, 15) is 8.42 Å². The van der Waals surface area contributed by atoms with Gasteiger partial charge in [-0.25, -0.2) is 8.42 Å². The van der Waals surface area contributed by atoms with E-state index < -0.39 is 10.0 Å². The number of rotatable bonds is 2. The molecule has 0 unspecified atom stereocenters. The van der Waals surface area contributed by atoms with Crippen LogP contribution in [-0.2, 0) is 10.0 Å². The van der Waals surface area contributed by atoms with Gasteiger partial charge in [0, 0.05) is 12.5 Å². The molecule has 4 nitrogen and oxygen atoms in total. The summed E-state index contributed by atoms with van der Waals surface area (Å²) in [5.41, 5.74) is 2.97. The molecule has 2 aliphatic heterocycles. The van der Waals surface area contributed by atoms with Gasteiger partial charge in [-0.2, -0.15) is 0 Å². The number of likely N-dealkylation sites (tertiary alicyclic amines) is 1. The van der Waals surface area contributed by atoms with Crippen molar-refractivity contribution in [2.75, 3.05) is 24.4 Å². The van der Waals surface area contributed by atoms with Gasteiger partial charge in [0.2, 0.25) is 0 Å². The molecular weight excluding hydrogens is 391 g/mol. The summed E-state index contributed by atoms with van der Waals surface area (Å²) < 4.78 is 28.8. The van der Waals surface area contributed by atoms with Crippen LogP contribution in [0, 0.1) is 6.92 Å². The van der Waals surface area contributed by atoms with Gasteiger partial charge in [0.15, 0.2) is 0 Å². The molecule has 2 aromatic carbocycles. The standard InChI is InChI=1S/C19H20Cl2N2O2S/c1-12-6-7-17-13(10-12)14-11-22(2)9-8-18(14)23(17)26(24,25)19-15(20)4-3-5-16(19)21/h3-7,10,14,18H,8-9,11H2,1-2H3/t14-,18-/m0/s1. The van der Waals surface area contributed by atoms with Crippen LogP contribution in [0.25, 0.3) is 0 Å². The number of hydrogen-bond donors (Lipinski definition) is 0. The number of likely N-dealkylation sites (N-methyl/N-ethyl adjacent to an activating group) is 1. The van der Waals surface area contributed by atoms with E-state index in [1.807, 2.05) is 19.1 Å². The lowest BCUT2D eigenvalue weighted by Gasteiger charge is -2.36. The van der Waals surface area contributed by atoms with E-state index in [4.69, 9.17) is 23.2 Å². The van der Waals surface area contributed by atoms with E-state index >= 15 is 0 Å². The molecule has 0 aliphatic carbocycles. The van der Waals surface area contributed by atoms with Gasteiger partial charge in [0.1, 0.15) is 4.90 Å². The maximum Gasteiger partial charge on any atom is 0.267 e. The van der Waals surface area contributed by atoms with Crippen LogP contribution in [0.2, 0.25) is 10.0 Å². The Bertz CT molecular complexity index is 957. The van der Waals surface area contributed by atoms with Crippen LogP contribution >= 0.6 is 23.2 Å². The quantitative estimate of drug-likeness (QED) is 0.740. The predicted molar refractivity (Wildman–Crippen MR) is 106 cm³/mol. The summed E-state index contributed by atoms with van der Waals surface area (Å²) in [5.74, 6) is 0.152. The van der Waals surface area contributed by atoms with E-state index in [-0.39, 0.29) is 26.9 Å². The molecule has 1 saturated heterocycles. The zero-order valence-electron chi connectivity index (χ0n) is 14.6. The molecule has 2 heterocycles. The van der Waals surface area contributed by atoms with Gasteiger partial charge in [0.25, 0.3) is 10.0 Å². The van der Waals surface area contributed by atoms with E-state index in [2.05, 4.69) is 18.0 Å². The fraction of sp³-hybridized carbons (Fsp3) is 0.368. The average Bonchev–Trinajstić information content (AvgIpc) is 2.88. The number of hydrogen-bond acceptors (Lipinski definition) is 3. The van der Waals surface area contributed by atoms with Crippen molar-refractivity contribution in [3.63, 3.8) is 0 Å². The Morgan fingerprint density at radius 1 is 1.12 bits per heavy atom. The molecular formula is C19H20Cl2N2O2S. The Labute approximate surface area is 164 Å². The molecule has 7 heteroatoms. The van der Waals surface area contributed by atoms with Crippen molar-refractivity contribution >= 4 is 38.9 Å². The zero-order chi connectivity index (χ0) is 18.6. The molecule has 0 N–H and O–H groups in total. The van der Waals surface area contributed by atoms with E-state index in [0.29, 0.717) is 0 Å². The summed E-state index contributed by atoms with van der Waals surface area (Å²) in [4.78, 5) is 2.25. The third kappa shape index (κ3) is 2.73. The molecule has 0 saturated carbocycles. The van der Waals surface area contributed by atoms with Gasteiger partial charge in [0.05, 0.1) is 21.8 Å². The zero-order valence-corrected chi connectivity index (χ0v) is 16.9. The van der Waals surface area contributed by atoms with Gasteiger partial charge in [-0.1, -0.05) is 47.0 Å². The van der Waals surface area contributed by atoms with Crippen molar-refractivity contribution in [3.8, 4) is 0 Å². The van der Waals surface area contributed by atoms with Gasteiger partial charge in [-0.15, -0.1) is 0 Å². The SMILES string of the molecule is Cc1ccc2c(c1)[C@@H]1CN(C)CC[C@@H]1N2S(=O)(=O)c1c(Cl)cccc1Cl. The number of sulfonamides is 1. The first kappa shape index (κ1) is 18.1. The highest BCUT2D eigenvalue weighted by Gasteiger charge is 2.47. The minimum atomic E-state index is -3.86. The van der Waals surface area contributed by atoms with Crippen molar-refractivity contribution in [2.45, 2.75) is 30.2 Å². The first-order valence-electron chi connectivity index (χ1n) is 8.58. The summed E-state index contributed by atoms with van der Waals surface area (Å²) in [5, 5.41) is 0.310. The maximum atomic E-state index is 13.6. The number of piperidine rings is 1. The van der Waals surface area contributed by atoms with Gasteiger partial charge in [-0.05, 0) is 50.7 Å². The van der Waals surface area contributed by atoms with E-state index in [1.165, 1.54) is 0 Å². The van der Waals surface area contributed by atoms with Crippen LogP contribution in [0.1, 0.15) is 23.5 Å². The number of halogens is 2. The molecule has 1 fully saturated rings. The van der Waals surface area contributed by atoms with Crippen LogP contribution in [0.15, 0.2) is 41.3 Å². The summed E-state index contributed by atoms with van der Waals surface area (Å²) in [6.07, 6.45) is 0.774. The number of anilines is 1. The largest absolute Gasteiger partial charge is 0.306 e. The van der Waals surface area contributed by atoms with Crippen LogP contribution in [0.3, 0.4) is 0 Å². The summed E-state index contributed by atoms with van der Waals surface area (Å²) in [6, 6.07) is 10.7. The Kier molecular flexibility index (Phi) is 4.47. The molecule has 0 amide bonds. The van der Waals surface area contributed by atoms with Crippen molar-refractivity contribution in [2.24, 2.45) is 0 Å². The molecule has 2 aromatic rings. The Hall–Kier alpha value is -1.27. The molecule has 0 spiro atoms. The Morgan fingerprint density at radius 3 is 2.50 bits per heavy atom. The van der Waals surface area contributed by atoms with Crippen LogP contribution in [0.5, 0.6) is 0 Å². The van der Waals surface area contributed by atoms with Crippen molar-refractivity contribution < 1.29 is 8.42 Å². The smallest absolute Gasteiger partial charge is 0.267 e. The second kappa shape index (κ2) is 6.41. The van der Waals surface area contributed by atoms with Crippen LogP contribution in [0.4, 0.5) is 5.69 Å². The maximum absolute atomic E-state index is 13.6. The summed E-state index contributed by atoms with van der Waals surface area (Å²) >= 11 is 12.5. The van der Waals surface area contributed by atoms with E-state index in [0.717, 1.165) is 36.3 Å². The lowest BCUT2D eigenvalue weighted by molar-refractivity contribution is 0.237. The Morgan fingerprint density at radius 2 is 1.81 bits per heavy atom. The van der Waals surface area contributed by atoms with Crippen LogP contribution in [-0.4, -0.2) is 39.5 Å². The second-order valence-corrected chi connectivity index (χ2v) is 9.70. The highest BCUT2D eigenvalue weighted by Crippen LogP contribution is 2.48. The third-order valence-corrected chi connectivity index (χ3v) is 8.13. The van der Waals surface area contributed by atoms with Crippen molar-refractivity contribution in [1.29, 1.82) is 0 Å². The highest BCUT2D eigenvalue weighted by molar-refractivity contribution is 7.93. The highest BCUT2D eigenvalue weighted by atomic mass is 35.5. The fourth-order valence-electron chi connectivity index (χ4n) is 4.17. The molecule has 0 bridgehead atoms. The van der Waals surface area contributed by atoms with Crippen LogP contribution < -0.4 is 4.31 Å². The topological polar surface area (TPSA) is 40.6 Å². The monoisotopic (exact) mass is 410 g/mol. The molecule has 4 rings (SSSR count). The summed E-state index contributed by atoms with van der Waals surface area (Å²) in [7, 11) is -1.79. The normalized spacial score (nSPS) is 23.0. The minimum Gasteiger partial charge on any atom is -0.306 e. The molecule has 138 valence electrons. The minimum absolute atomic E-state index is 0.00515.